The number of nitrogens with zero attached hydrogens (tertiary/aromatic N) is 4. The van der Waals surface area contributed by atoms with Crippen LogP contribution in [-0.2, 0) is 14.8 Å². The average molecular weight is 459 g/mol. The molecule has 7 nitrogen and oxygen atoms in total. The molecule has 1 aliphatic rings. The van der Waals surface area contributed by atoms with Gasteiger partial charge in [-0.05, 0) is 23.8 Å². The summed E-state index contributed by atoms with van der Waals surface area (Å²) in [5.41, 5.74) is 2.19. The van der Waals surface area contributed by atoms with E-state index in [1.165, 1.54) is 15.3 Å². The lowest BCUT2D eigenvalue weighted by Crippen LogP contribution is -2.51. The zero-order valence-electron chi connectivity index (χ0n) is 15.3. The molecule has 1 aromatic carbocycles. The van der Waals surface area contributed by atoms with Gasteiger partial charge in [0.15, 0.2) is 11.6 Å². The Bertz CT molecular complexity index is 1050. The van der Waals surface area contributed by atoms with Gasteiger partial charge < -0.3 is 4.90 Å². The van der Waals surface area contributed by atoms with Gasteiger partial charge in [0.25, 0.3) is 0 Å². The minimum atomic E-state index is -3.55. The van der Waals surface area contributed by atoms with Gasteiger partial charge in [-0.3, -0.25) is 4.79 Å². The third-order valence-electron chi connectivity index (χ3n) is 4.46. The van der Waals surface area contributed by atoms with Crippen molar-refractivity contribution < 1.29 is 17.6 Å². The van der Waals surface area contributed by atoms with Crippen LogP contribution < -0.4 is 0 Å². The molecule has 2 aromatic rings. The van der Waals surface area contributed by atoms with Crippen LogP contribution in [0.2, 0.25) is 5.02 Å². The van der Waals surface area contributed by atoms with Gasteiger partial charge in [0.2, 0.25) is 15.9 Å². The second-order valence-electron chi connectivity index (χ2n) is 6.46. The Morgan fingerprint density at radius 3 is 2.55 bits per heavy atom. The van der Waals surface area contributed by atoms with E-state index >= 15 is 0 Å². The molecular weight excluding hydrogens is 442 g/mol. The molecule has 2 heterocycles. The van der Waals surface area contributed by atoms with Crippen molar-refractivity contribution in [3.05, 3.63) is 58.6 Å². The van der Waals surface area contributed by atoms with Crippen LogP contribution in [0, 0.1) is 5.82 Å². The molecule has 29 heavy (non-hydrogen) atoms. The Morgan fingerprint density at radius 2 is 1.93 bits per heavy atom. The summed E-state index contributed by atoms with van der Waals surface area (Å²) in [6.07, 6.45) is 4.39. The van der Waals surface area contributed by atoms with Crippen LogP contribution in [0.5, 0.6) is 0 Å². The summed E-state index contributed by atoms with van der Waals surface area (Å²) in [5.74, 6) is -0.648. The number of benzene rings is 1. The van der Waals surface area contributed by atoms with E-state index in [1.54, 1.807) is 18.2 Å². The largest absolute Gasteiger partial charge is 0.336 e. The third-order valence-corrected chi connectivity index (χ3v) is 6.09. The molecule has 0 spiro atoms. The van der Waals surface area contributed by atoms with Crippen LogP contribution in [0.4, 0.5) is 4.39 Å². The van der Waals surface area contributed by atoms with Gasteiger partial charge in [-0.25, -0.2) is 22.8 Å². The maximum absolute atomic E-state index is 13.1. The van der Waals surface area contributed by atoms with Crippen LogP contribution in [0.1, 0.15) is 11.6 Å². The fourth-order valence-corrected chi connectivity index (χ4v) is 4.60. The zero-order chi connectivity index (χ0) is 21.2. The average Bonchev–Trinajstić information content (AvgIpc) is 2.67. The molecular formula is C18H17Cl2FN4O3S. The number of aromatic nitrogens is 2. The second-order valence-corrected chi connectivity index (χ2v) is 9.09. The molecule has 1 aliphatic heterocycles. The topological polar surface area (TPSA) is 83.5 Å². The Kier molecular flexibility index (Phi) is 6.52. The molecule has 0 bridgehead atoms. The van der Waals surface area contributed by atoms with Crippen LogP contribution in [-0.4, -0.2) is 59.4 Å². The van der Waals surface area contributed by atoms with Crippen molar-refractivity contribution in [2.75, 3.05) is 25.9 Å². The summed E-state index contributed by atoms with van der Waals surface area (Å²) >= 11 is 11.8. The third kappa shape index (κ3) is 5.11. The Balaban J connectivity index is 2.03. The van der Waals surface area contributed by atoms with E-state index in [1.807, 2.05) is 0 Å². The van der Waals surface area contributed by atoms with Gasteiger partial charge in [-0.2, -0.15) is 4.31 Å². The summed E-state index contributed by atoms with van der Waals surface area (Å²) in [6, 6.07) is 4.26. The number of carbonyl (C=O) groups is 1. The molecule has 0 radical (unpaired) electrons. The number of hydrogen-bond acceptors (Lipinski definition) is 5. The summed E-state index contributed by atoms with van der Waals surface area (Å²) in [5, 5.41) is 0.336. The van der Waals surface area contributed by atoms with Gasteiger partial charge in [0.1, 0.15) is 0 Å². The molecule has 11 heteroatoms. The van der Waals surface area contributed by atoms with Gasteiger partial charge in [0.05, 0.1) is 24.7 Å². The van der Waals surface area contributed by atoms with Crippen molar-refractivity contribution in [2.24, 2.45) is 0 Å². The Hall–Kier alpha value is -2.07. The fraction of sp³-hybridized carbons (Fsp3) is 0.278. The highest BCUT2D eigenvalue weighted by Gasteiger charge is 2.35. The SMILES string of the molecule is CS(=O)(=O)N1CCN(C(=O)/C=C\Cl)C[C@H]1c1cc(Cl)cc(-c2ncc(F)cn2)c1. The first kappa shape index (κ1) is 21.6. The van der Waals surface area contributed by atoms with Crippen molar-refractivity contribution in [1.29, 1.82) is 0 Å². The predicted molar refractivity (Wildman–Crippen MR) is 108 cm³/mol. The summed E-state index contributed by atoms with van der Waals surface area (Å²) < 4.78 is 39.1. The van der Waals surface area contributed by atoms with E-state index in [4.69, 9.17) is 23.2 Å². The molecule has 1 amide bonds. The molecule has 154 valence electrons. The molecule has 0 saturated carbocycles. The van der Waals surface area contributed by atoms with E-state index < -0.39 is 21.9 Å². The Morgan fingerprint density at radius 1 is 1.24 bits per heavy atom. The van der Waals surface area contributed by atoms with E-state index in [9.17, 15) is 17.6 Å². The number of hydrogen-bond donors (Lipinski definition) is 0. The predicted octanol–water partition coefficient (Wildman–Crippen LogP) is 2.83. The lowest BCUT2D eigenvalue weighted by molar-refractivity contribution is -0.128. The monoisotopic (exact) mass is 458 g/mol. The molecule has 1 fully saturated rings. The minimum Gasteiger partial charge on any atom is -0.336 e. The normalized spacial score (nSPS) is 18.3. The molecule has 3 rings (SSSR count). The number of halogens is 3. The summed E-state index contributed by atoms with van der Waals surface area (Å²) in [4.78, 5) is 21.6. The standard InChI is InChI=1S/C18H17Cl2FN4O3S/c1-29(27,28)25-5-4-24(17(26)2-3-19)11-16(25)12-6-13(8-14(20)7-12)18-22-9-15(21)10-23-18/h2-3,6-10,16H,4-5,11H2,1H3/b3-2-/t16-/m0/s1. The molecule has 1 saturated heterocycles. The maximum atomic E-state index is 13.1. The first-order valence-electron chi connectivity index (χ1n) is 8.50. The van der Waals surface area contributed by atoms with Crippen LogP contribution in [0.3, 0.4) is 0 Å². The van der Waals surface area contributed by atoms with E-state index in [-0.39, 0.29) is 31.4 Å². The molecule has 0 N–H and O–H groups in total. The van der Waals surface area contributed by atoms with Crippen LogP contribution >= 0.6 is 23.2 Å². The molecule has 1 aromatic heterocycles. The number of carbonyl (C=O) groups excluding carboxylic acids is 1. The van der Waals surface area contributed by atoms with Crippen molar-refractivity contribution in [3.8, 4) is 11.4 Å². The van der Waals surface area contributed by atoms with Crippen molar-refractivity contribution >= 4 is 39.1 Å². The fourth-order valence-electron chi connectivity index (χ4n) is 3.19. The lowest BCUT2D eigenvalue weighted by atomic mass is 10.0. The van der Waals surface area contributed by atoms with Crippen molar-refractivity contribution in [2.45, 2.75) is 6.04 Å². The summed E-state index contributed by atoms with van der Waals surface area (Å²) in [7, 11) is -3.55. The highest BCUT2D eigenvalue weighted by Crippen LogP contribution is 2.32. The second kappa shape index (κ2) is 8.74. The number of rotatable bonds is 4. The minimum absolute atomic E-state index is 0.122. The molecule has 0 aliphatic carbocycles. The van der Waals surface area contributed by atoms with E-state index in [0.29, 0.717) is 16.1 Å². The van der Waals surface area contributed by atoms with Gasteiger partial charge in [-0.1, -0.05) is 23.2 Å². The Labute approximate surface area is 177 Å². The highest BCUT2D eigenvalue weighted by molar-refractivity contribution is 7.88. The number of piperazine rings is 1. The van der Waals surface area contributed by atoms with Crippen LogP contribution in [0.25, 0.3) is 11.4 Å². The first-order chi connectivity index (χ1) is 13.7. The lowest BCUT2D eigenvalue weighted by Gasteiger charge is -2.40. The van der Waals surface area contributed by atoms with E-state index in [2.05, 4.69) is 9.97 Å². The van der Waals surface area contributed by atoms with E-state index in [0.717, 1.165) is 24.2 Å². The zero-order valence-corrected chi connectivity index (χ0v) is 17.6. The van der Waals surface area contributed by atoms with Gasteiger partial charge in [-0.15, -0.1) is 0 Å². The van der Waals surface area contributed by atoms with Crippen molar-refractivity contribution in [1.82, 2.24) is 19.2 Å². The maximum Gasteiger partial charge on any atom is 0.247 e. The smallest absolute Gasteiger partial charge is 0.247 e. The van der Waals surface area contributed by atoms with Crippen molar-refractivity contribution in [3.63, 3.8) is 0 Å². The van der Waals surface area contributed by atoms with Crippen LogP contribution in [0.15, 0.2) is 42.2 Å². The summed E-state index contributed by atoms with van der Waals surface area (Å²) in [6.45, 7) is 0.482. The number of amides is 1. The number of sulfonamides is 1. The molecule has 0 unspecified atom stereocenters. The van der Waals surface area contributed by atoms with Gasteiger partial charge >= 0.3 is 0 Å². The quantitative estimate of drug-likeness (QED) is 0.657. The molecule has 1 atom stereocenters. The first-order valence-corrected chi connectivity index (χ1v) is 11.2. The highest BCUT2D eigenvalue weighted by atomic mass is 35.5. The van der Waals surface area contributed by atoms with Gasteiger partial charge in [0, 0.05) is 41.8 Å².